The number of aryl methyl sites for hydroxylation is 1. The Morgan fingerprint density at radius 1 is 1.32 bits per heavy atom. The molecular weight excluding hydrogens is 241 g/mol. The van der Waals surface area contributed by atoms with Crippen molar-refractivity contribution >= 4 is 0 Å². The van der Waals surface area contributed by atoms with E-state index in [1.807, 2.05) is 31.6 Å². The van der Waals surface area contributed by atoms with E-state index in [2.05, 4.69) is 17.3 Å². The fraction of sp³-hybridized carbons (Fsp3) is 0.400. The summed E-state index contributed by atoms with van der Waals surface area (Å²) in [6, 6.07) is 6.92. The van der Waals surface area contributed by atoms with Crippen LogP contribution >= 0.6 is 0 Å². The SMILES string of the molecule is CCCNC(Cc1ccc(F)cc1)c1cnn(C)c1. The van der Waals surface area contributed by atoms with Gasteiger partial charge in [-0.25, -0.2) is 4.39 Å². The molecule has 1 atom stereocenters. The van der Waals surface area contributed by atoms with Crippen molar-refractivity contribution in [1.82, 2.24) is 15.1 Å². The molecule has 0 radical (unpaired) electrons. The summed E-state index contributed by atoms with van der Waals surface area (Å²) >= 11 is 0. The maximum Gasteiger partial charge on any atom is 0.123 e. The second-order valence-electron chi connectivity index (χ2n) is 4.78. The summed E-state index contributed by atoms with van der Waals surface area (Å²) < 4.78 is 14.7. The molecule has 0 saturated carbocycles. The zero-order valence-corrected chi connectivity index (χ0v) is 11.4. The Bertz CT molecular complexity index is 504. The van der Waals surface area contributed by atoms with Crippen LogP contribution in [0.25, 0.3) is 0 Å². The maximum atomic E-state index is 12.9. The third kappa shape index (κ3) is 3.89. The Balaban J connectivity index is 2.11. The number of halogens is 1. The molecule has 1 aromatic carbocycles. The summed E-state index contributed by atoms with van der Waals surface area (Å²) in [7, 11) is 1.91. The monoisotopic (exact) mass is 261 g/mol. The van der Waals surface area contributed by atoms with Crippen molar-refractivity contribution in [2.75, 3.05) is 6.54 Å². The summed E-state index contributed by atoms with van der Waals surface area (Å²) in [5, 5.41) is 7.73. The fourth-order valence-corrected chi connectivity index (χ4v) is 2.10. The number of nitrogens with one attached hydrogen (secondary N) is 1. The van der Waals surface area contributed by atoms with Crippen LogP contribution < -0.4 is 5.32 Å². The summed E-state index contributed by atoms with van der Waals surface area (Å²) in [6.45, 7) is 3.10. The van der Waals surface area contributed by atoms with Crippen molar-refractivity contribution in [2.24, 2.45) is 7.05 Å². The first-order chi connectivity index (χ1) is 9.19. The minimum absolute atomic E-state index is 0.191. The van der Waals surface area contributed by atoms with Crippen LogP contribution in [0.15, 0.2) is 36.7 Å². The molecule has 1 N–H and O–H groups in total. The van der Waals surface area contributed by atoms with Gasteiger partial charge in [0.25, 0.3) is 0 Å². The Morgan fingerprint density at radius 3 is 2.63 bits per heavy atom. The number of rotatable bonds is 6. The van der Waals surface area contributed by atoms with E-state index in [0.717, 1.165) is 24.9 Å². The van der Waals surface area contributed by atoms with Gasteiger partial charge >= 0.3 is 0 Å². The fourth-order valence-electron chi connectivity index (χ4n) is 2.10. The van der Waals surface area contributed by atoms with Crippen LogP contribution in [0.1, 0.15) is 30.5 Å². The first kappa shape index (κ1) is 13.7. The Kier molecular flexibility index (Phi) is 4.68. The lowest BCUT2D eigenvalue weighted by atomic mass is 10.0. The first-order valence-corrected chi connectivity index (χ1v) is 6.65. The standard InChI is InChI=1S/C15H20FN3/c1-3-8-17-15(13-10-18-19(2)11-13)9-12-4-6-14(16)7-5-12/h4-7,10-11,15,17H,3,8-9H2,1-2H3. The molecule has 0 aliphatic rings. The molecule has 3 nitrogen and oxygen atoms in total. The highest BCUT2D eigenvalue weighted by molar-refractivity contribution is 5.21. The molecular formula is C15H20FN3. The van der Waals surface area contributed by atoms with Crippen molar-refractivity contribution in [1.29, 1.82) is 0 Å². The minimum atomic E-state index is -0.191. The molecule has 0 saturated heterocycles. The molecule has 1 aromatic heterocycles. The third-order valence-corrected chi connectivity index (χ3v) is 3.12. The van der Waals surface area contributed by atoms with Crippen LogP contribution in [0.2, 0.25) is 0 Å². The quantitative estimate of drug-likeness (QED) is 0.866. The zero-order valence-electron chi connectivity index (χ0n) is 11.4. The number of benzene rings is 1. The molecule has 102 valence electrons. The molecule has 0 fully saturated rings. The molecule has 19 heavy (non-hydrogen) atoms. The maximum absolute atomic E-state index is 12.9. The molecule has 2 aromatic rings. The summed E-state index contributed by atoms with van der Waals surface area (Å²) in [5.74, 6) is -0.191. The number of hydrogen-bond acceptors (Lipinski definition) is 2. The Morgan fingerprint density at radius 2 is 2.05 bits per heavy atom. The average Bonchev–Trinajstić information content (AvgIpc) is 2.83. The molecule has 0 aliphatic carbocycles. The van der Waals surface area contributed by atoms with E-state index in [9.17, 15) is 4.39 Å². The molecule has 4 heteroatoms. The van der Waals surface area contributed by atoms with Gasteiger partial charge in [-0.1, -0.05) is 19.1 Å². The predicted molar refractivity (Wildman–Crippen MR) is 74.3 cm³/mol. The molecule has 1 heterocycles. The van der Waals surface area contributed by atoms with E-state index >= 15 is 0 Å². The lowest BCUT2D eigenvalue weighted by molar-refractivity contribution is 0.528. The summed E-state index contributed by atoms with van der Waals surface area (Å²) in [5.41, 5.74) is 2.29. The van der Waals surface area contributed by atoms with Crippen LogP contribution in [-0.2, 0) is 13.5 Å². The van der Waals surface area contributed by atoms with Crippen molar-refractivity contribution < 1.29 is 4.39 Å². The summed E-state index contributed by atoms with van der Waals surface area (Å²) in [6.07, 6.45) is 5.83. The molecule has 0 aliphatic heterocycles. The van der Waals surface area contributed by atoms with E-state index in [1.54, 1.807) is 4.68 Å². The lowest BCUT2D eigenvalue weighted by Gasteiger charge is -2.17. The van der Waals surface area contributed by atoms with E-state index in [1.165, 1.54) is 17.7 Å². The minimum Gasteiger partial charge on any atom is -0.310 e. The van der Waals surface area contributed by atoms with Gasteiger partial charge in [0.2, 0.25) is 0 Å². The predicted octanol–water partition coefficient (Wildman–Crippen LogP) is 2.84. The third-order valence-electron chi connectivity index (χ3n) is 3.12. The second kappa shape index (κ2) is 6.48. The summed E-state index contributed by atoms with van der Waals surface area (Å²) in [4.78, 5) is 0. The molecule has 0 bridgehead atoms. The normalized spacial score (nSPS) is 12.6. The van der Waals surface area contributed by atoms with Gasteiger partial charge in [0.15, 0.2) is 0 Å². The largest absolute Gasteiger partial charge is 0.310 e. The molecule has 1 unspecified atom stereocenters. The van der Waals surface area contributed by atoms with Crippen LogP contribution in [0.4, 0.5) is 4.39 Å². The van der Waals surface area contributed by atoms with Gasteiger partial charge in [-0.05, 0) is 37.1 Å². The Labute approximate surface area is 113 Å². The van der Waals surface area contributed by atoms with Gasteiger partial charge in [0, 0.05) is 24.8 Å². The van der Waals surface area contributed by atoms with Gasteiger partial charge in [-0.2, -0.15) is 5.10 Å². The van der Waals surface area contributed by atoms with E-state index < -0.39 is 0 Å². The van der Waals surface area contributed by atoms with Crippen LogP contribution in [0, 0.1) is 5.82 Å². The zero-order chi connectivity index (χ0) is 13.7. The smallest absolute Gasteiger partial charge is 0.123 e. The van der Waals surface area contributed by atoms with Crippen LogP contribution in [0.5, 0.6) is 0 Å². The Hall–Kier alpha value is -1.68. The highest BCUT2D eigenvalue weighted by Crippen LogP contribution is 2.18. The number of hydrogen-bond donors (Lipinski definition) is 1. The highest BCUT2D eigenvalue weighted by atomic mass is 19.1. The molecule has 2 rings (SSSR count). The second-order valence-corrected chi connectivity index (χ2v) is 4.78. The lowest BCUT2D eigenvalue weighted by Crippen LogP contribution is -2.23. The number of aromatic nitrogens is 2. The van der Waals surface area contributed by atoms with Crippen molar-refractivity contribution in [3.8, 4) is 0 Å². The van der Waals surface area contributed by atoms with E-state index in [-0.39, 0.29) is 11.9 Å². The van der Waals surface area contributed by atoms with Crippen LogP contribution in [-0.4, -0.2) is 16.3 Å². The van der Waals surface area contributed by atoms with Gasteiger partial charge < -0.3 is 5.32 Å². The van der Waals surface area contributed by atoms with Gasteiger partial charge in [-0.15, -0.1) is 0 Å². The van der Waals surface area contributed by atoms with Crippen LogP contribution in [0.3, 0.4) is 0 Å². The van der Waals surface area contributed by atoms with Crippen molar-refractivity contribution in [3.63, 3.8) is 0 Å². The van der Waals surface area contributed by atoms with Gasteiger partial charge in [-0.3, -0.25) is 4.68 Å². The molecule has 0 spiro atoms. The van der Waals surface area contributed by atoms with Crippen molar-refractivity contribution in [2.45, 2.75) is 25.8 Å². The number of nitrogens with zero attached hydrogens (tertiary/aromatic N) is 2. The molecule has 0 amide bonds. The highest BCUT2D eigenvalue weighted by Gasteiger charge is 2.13. The average molecular weight is 261 g/mol. The topological polar surface area (TPSA) is 29.9 Å². The van der Waals surface area contributed by atoms with E-state index in [4.69, 9.17) is 0 Å². The first-order valence-electron chi connectivity index (χ1n) is 6.65. The van der Waals surface area contributed by atoms with Crippen molar-refractivity contribution in [3.05, 3.63) is 53.6 Å². The van der Waals surface area contributed by atoms with Gasteiger partial charge in [0.1, 0.15) is 5.82 Å². The van der Waals surface area contributed by atoms with E-state index in [0.29, 0.717) is 0 Å². The van der Waals surface area contributed by atoms with Gasteiger partial charge in [0.05, 0.1) is 6.20 Å².